The number of hydrogen-bond acceptors (Lipinski definition) is 4. The number of aromatic nitrogens is 3. The van der Waals surface area contributed by atoms with Crippen molar-refractivity contribution in [3.63, 3.8) is 0 Å². The molecule has 6 nitrogen and oxygen atoms in total. The number of rotatable bonds is 5. The van der Waals surface area contributed by atoms with Gasteiger partial charge in [-0.25, -0.2) is 0 Å². The van der Waals surface area contributed by atoms with Crippen molar-refractivity contribution in [2.75, 3.05) is 6.54 Å². The molecule has 1 aromatic rings. The first-order chi connectivity index (χ1) is 7.50. The van der Waals surface area contributed by atoms with Crippen LogP contribution in [0.1, 0.15) is 25.5 Å². The van der Waals surface area contributed by atoms with E-state index in [1.165, 1.54) is 0 Å². The first-order valence-corrected chi connectivity index (χ1v) is 5.35. The second-order valence-corrected chi connectivity index (χ2v) is 4.05. The van der Waals surface area contributed by atoms with E-state index in [2.05, 4.69) is 20.8 Å². The van der Waals surface area contributed by atoms with Gasteiger partial charge < -0.3 is 15.2 Å². The number of hydrogen-bond donors (Lipinski definition) is 2. The Hall–Kier alpha value is -1.43. The van der Waals surface area contributed by atoms with E-state index in [1.807, 2.05) is 32.4 Å². The minimum Gasteiger partial charge on any atom is -0.353 e. The first-order valence-electron chi connectivity index (χ1n) is 5.35. The van der Waals surface area contributed by atoms with E-state index in [-0.39, 0.29) is 11.9 Å². The molecule has 90 valence electrons. The third-order valence-corrected chi connectivity index (χ3v) is 2.20. The van der Waals surface area contributed by atoms with Gasteiger partial charge in [0, 0.05) is 13.1 Å². The maximum atomic E-state index is 11.3. The Kier molecular flexibility index (Phi) is 4.42. The van der Waals surface area contributed by atoms with Crippen LogP contribution in [0.5, 0.6) is 0 Å². The molecule has 0 spiro atoms. The van der Waals surface area contributed by atoms with Crippen molar-refractivity contribution in [2.45, 2.75) is 33.4 Å². The first kappa shape index (κ1) is 12.6. The Balaban J connectivity index is 2.31. The average Bonchev–Trinajstić information content (AvgIpc) is 2.48. The summed E-state index contributed by atoms with van der Waals surface area (Å²) >= 11 is 0. The van der Waals surface area contributed by atoms with Crippen LogP contribution in [0.2, 0.25) is 0 Å². The molecule has 0 aliphatic heterocycles. The lowest BCUT2D eigenvalue weighted by molar-refractivity contribution is -0.120. The molecule has 0 aliphatic carbocycles. The quantitative estimate of drug-likeness (QED) is 0.724. The van der Waals surface area contributed by atoms with Crippen LogP contribution in [0, 0.1) is 6.92 Å². The molecule has 1 rings (SSSR count). The normalized spacial score (nSPS) is 10.8. The van der Waals surface area contributed by atoms with Crippen LogP contribution in [0.25, 0.3) is 0 Å². The highest BCUT2D eigenvalue weighted by molar-refractivity contribution is 5.78. The van der Waals surface area contributed by atoms with Gasteiger partial charge in [0.2, 0.25) is 5.91 Å². The predicted octanol–water partition coefficient (Wildman–Crippen LogP) is -0.262. The Bertz CT molecular complexity index is 358. The maximum Gasteiger partial charge on any atom is 0.234 e. The van der Waals surface area contributed by atoms with Gasteiger partial charge in [0.1, 0.15) is 11.6 Å². The number of carbonyl (C=O) groups excluding carboxylic acids is 1. The van der Waals surface area contributed by atoms with Crippen molar-refractivity contribution in [3.05, 3.63) is 11.6 Å². The Morgan fingerprint density at radius 2 is 2.12 bits per heavy atom. The summed E-state index contributed by atoms with van der Waals surface area (Å²) < 4.78 is 1.90. The third kappa shape index (κ3) is 3.62. The fraction of sp³-hybridized carbons (Fsp3) is 0.700. The molecule has 1 aromatic heterocycles. The number of amides is 1. The molecule has 16 heavy (non-hydrogen) atoms. The van der Waals surface area contributed by atoms with Crippen LogP contribution in [-0.2, 0) is 18.4 Å². The van der Waals surface area contributed by atoms with Crippen molar-refractivity contribution in [1.29, 1.82) is 0 Å². The van der Waals surface area contributed by atoms with Crippen molar-refractivity contribution >= 4 is 5.91 Å². The SMILES string of the molecule is Cc1nnc(CNCC(=O)NC(C)C)n1C. The number of nitrogens with one attached hydrogen (secondary N) is 2. The molecule has 0 bridgehead atoms. The lowest BCUT2D eigenvalue weighted by Gasteiger charge is -2.08. The van der Waals surface area contributed by atoms with Gasteiger partial charge in [-0.2, -0.15) is 0 Å². The molecule has 0 aromatic carbocycles. The molecule has 0 atom stereocenters. The highest BCUT2D eigenvalue weighted by Crippen LogP contribution is 1.95. The minimum absolute atomic E-state index is 0.00566. The standard InChI is InChI=1S/C10H19N5O/c1-7(2)12-10(16)6-11-5-9-14-13-8(3)15(9)4/h7,11H,5-6H2,1-4H3,(H,12,16). The van der Waals surface area contributed by atoms with Gasteiger partial charge in [0.15, 0.2) is 0 Å². The van der Waals surface area contributed by atoms with Gasteiger partial charge in [0.25, 0.3) is 0 Å². The van der Waals surface area contributed by atoms with Crippen LogP contribution in [0.4, 0.5) is 0 Å². The predicted molar refractivity (Wildman–Crippen MR) is 60.7 cm³/mol. The molecule has 2 N–H and O–H groups in total. The largest absolute Gasteiger partial charge is 0.353 e. The Morgan fingerprint density at radius 1 is 1.44 bits per heavy atom. The van der Waals surface area contributed by atoms with E-state index in [4.69, 9.17) is 0 Å². The zero-order valence-electron chi connectivity index (χ0n) is 10.2. The van der Waals surface area contributed by atoms with Gasteiger partial charge in [-0.3, -0.25) is 4.79 Å². The summed E-state index contributed by atoms with van der Waals surface area (Å²) in [5.74, 6) is 1.69. The van der Waals surface area contributed by atoms with Crippen LogP contribution in [0.3, 0.4) is 0 Å². The van der Waals surface area contributed by atoms with E-state index in [0.717, 1.165) is 11.6 Å². The zero-order valence-corrected chi connectivity index (χ0v) is 10.2. The Morgan fingerprint density at radius 3 is 2.62 bits per heavy atom. The van der Waals surface area contributed by atoms with Crippen LogP contribution in [-0.4, -0.2) is 33.3 Å². The van der Waals surface area contributed by atoms with E-state index in [9.17, 15) is 4.79 Å². The van der Waals surface area contributed by atoms with Gasteiger partial charge >= 0.3 is 0 Å². The number of carbonyl (C=O) groups is 1. The highest BCUT2D eigenvalue weighted by atomic mass is 16.1. The fourth-order valence-corrected chi connectivity index (χ4v) is 1.27. The summed E-state index contributed by atoms with van der Waals surface area (Å²) in [5, 5.41) is 13.8. The summed E-state index contributed by atoms with van der Waals surface area (Å²) in [6.45, 7) is 6.60. The molecule has 1 amide bonds. The summed E-state index contributed by atoms with van der Waals surface area (Å²) in [5.41, 5.74) is 0. The third-order valence-electron chi connectivity index (χ3n) is 2.20. The summed E-state index contributed by atoms with van der Waals surface area (Å²) in [4.78, 5) is 11.3. The van der Waals surface area contributed by atoms with E-state index in [1.54, 1.807) is 0 Å². The van der Waals surface area contributed by atoms with Gasteiger partial charge in [-0.1, -0.05) is 0 Å². The molecular formula is C10H19N5O. The summed E-state index contributed by atoms with van der Waals surface area (Å²) in [6.07, 6.45) is 0. The smallest absolute Gasteiger partial charge is 0.234 e. The summed E-state index contributed by atoms with van der Waals surface area (Å²) in [7, 11) is 1.90. The zero-order chi connectivity index (χ0) is 12.1. The molecule has 1 heterocycles. The van der Waals surface area contributed by atoms with Gasteiger partial charge in [-0.15, -0.1) is 10.2 Å². The van der Waals surface area contributed by atoms with E-state index in [0.29, 0.717) is 13.1 Å². The highest BCUT2D eigenvalue weighted by Gasteiger charge is 2.06. The van der Waals surface area contributed by atoms with E-state index < -0.39 is 0 Å². The van der Waals surface area contributed by atoms with Crippen LogP contribution >= 0.6 is 0 Å². The minimum atomic E-state index is -0.00566. The maximum absolute atomic E-state index is 11.3. The molecule has 0 unspecified atom stereocenters. The topological polar surface area (TPSA) is 71.8 Å². The van der Waals surface area contributed by atoms with Crippen molar-refractivity contribution in [1.82, 2.24) is 25.4 Å². The lowest BCUT2D eigenvalue weighted by Crippen LogP contribution is -2.37. The van der Waals surface area contributed by atoms with Crippen LogP contribution in [0.15, 0.2) is 0 Å². The Labute approximate surface area is 95.4 Å². The monoisotopic (exact) mass is 225 g/mol. The molecular weight excluding hydrogens is 206 g/mol. The molecule has 0 radical (unpaired) electrons. The van der Waals surface area contributed by atoms with E-state index >= 15 is 0 Å². The fourth-order valence-electron chi connectivity index (χ4n) is 1.27. The van der Waals surface area contributed by atoms with Crippen molar-refractivity contribution in [2.24, 2.45) is 7.05 Å². The number of aryl methyl sites for hydroxylation is 1. The molecule has 0 saturated heterocycles. The molecule has 0 aliphatic rings. The average molecular weight is 225 g/mol. The van der Waals surface area contributed by atoms with Gasteiger partial charge in [0.05, 0.1) is 13.1 Å². The lowest BCUT2D eigenvalue weighted by atomic mass is 10.4. The van der Waals surface area contributed by atoms with Crippen molar-refractivity contribution < 1.29 is 4.79 Å². The van der Waals surface area contributed by atoms with Crippen molar-refractivity contribution in [3.8, 4) is 0 Å². The molecule has 6 heteroatoms. The van der Waals surface area contributed by atoms with Gasteiger partial charge in [-0.05, 0) is 20.8 Å². The second kappa shape index (κ2) is 5.60. The molecule has 0 saturated carbocycles. The second-order valence-electron chi connectivity index (χ2n) is 4.05. The molecule has 0 fully saturated rings. The van der Waals surface area contributed by atoms with Crippen LogP contribution < -0.4 is 10.6 Å². The summed E-state index contributed by atoms with van der Waals surface area (Å²) in [6, 6.07) is 0.173. The number of nitrogens with zero attached hydrogens (tertiary/aromatic N) is 3.